The van der Waals surface area contributed by atoms with Gasteiger partial charge in [-0.3, -0.25) is 9.59 Å². The van der Waals surface area contributed by atoms with Crippen LogP contribution in [0.25, 0.3) is 0 Å². The summed E-state index contributed by atoms with van der Waals surface area (Å²) in [5.74, 6) is 1.22. The van der Waals surface area contributed by atoms with E-state index in [0.29, 0.717) is 19.4 Å². The molecule has 2 amide bonds. The lowest BCUT2D eigenvalue weighted by Gasteiger charge is -2.37. The van der Waals surface area contributed by atoms with Crippen molar-refractivity contribution in [3.63, 3.8) is 0 Å². The lowest BCUT2D eigenvalue weighted by molar-refractivity contribution is -0.135. The number of nitrogens with one attached hydrogen (secondary N) is 1. The van der Waals surface area contributed by atoms with E-state index >= 15 is 0 Å². The van der Waals surface area contributed by atoms with Gasteiger partial charge in [0, 0.05) is 45.6 Å². The zero-order valence-electron chi connectivity index (χ0n) is 14.9. The number of likely N-dealkylation sites (tertiary alicyclic amines) is 1. The van der Waals surface area contributed by atoms with Crippen molar-refractivity contribution in [1.29, 1.82) is 0 Å². The predicted molar refractivity (Wildman–Crippen MR) is 95.4 cm³/mol. The summed E-state index contributed by atoms with van der Waals surface area (Å²) in [4.78, 5) is 28.2. The Bertz CT molecular complexity index is 602. The quantitative estimate of drug-likeness (QED) is 0.850. The van der Waals surface area contributed by atoms with Crippen LogP contribution in [-0.4, -0.2) is 61.4 Å². The van der Waals surface area contributed by atoms with E-state index in [-0.39, 0.29) is 17.9 Å². The van der Waals surface area contributed by atoms with Crippen molar-refractivity contribution in [2.75, 3.05) is 39.8 Å². The number of amides is 2. The average Bonchev–Trinajstić information content (AvgIpc) is 3.06. The smallest absolute Gasteiger partial charge is 0.223 e. The molecule has 25 heavy (non-hydrogen) atoms. The molecule has 0 bridgehead atoms. The molecule has 0 spiro atoms. The van der Waals surface area contributed by atoms with Gasteiger partial charge in [0.2, 0.25) is 11.8 Å². The summed E-state index contributed by atoms with van der Waals surface area (Å²) in [6.45, 7) is 3.85. The third-order valence-corrected chi connectivity index (χ3v) is 5.05. The number of piperazine rings is 1. The number of carbonyl (C=O) groups excluding carboxylic acids is 2. The summed E-state index contributed by atoms with van der Waals surface area (Å²) in [7, 11) is 1.65. The highest BCUT2D eigenvalue weighted by Crippen LogP contribution is 2.25. The maximum Gasteiger partial charge on any atom is 0.223 e. The number of hydrogen-bond acceptors (Lipinski definition) is 4. The Morgan fingerprint density at radius 2 is 2.08 bits per heavy atom. The molecule has 2 saturated heterocycles. The summed E-state index contributed by atoms with van der Waals surface area (Å²) < 4.78 is 5.21. The van der Waals surface area contributed by atoms with Crippen LogP contribution < -0.4 is 10.1 Å². The molecule has 1 aromatic rings. The Balaban J connectivity index is 1.57. The second kappa shape index (κ2) is 8.34. The van der Waals surface area contributed by atoms with Crippen LogP contribution >= 0.6 is 0 Å². The Hall–Kier alpha value is -2.08. The van der Waals surface area contributed by atoms with E-state index in [9.17, 15) is 9.59 Å². The SMILES string of the molecule is COc1ccc([C@H]2CNCCN2C(=O)CCCN2CCCC2=O)cc1. The molecule has 3 rings (SSSR count). The second-order valence-corrected chi connectivity index (χ2v) is 6.67. The van der Waals surface area contributed by atoms with Gasteiger partial charge in [-0.25, -0.2) is 0 Å². The second-order valence-electron chi connectivity index (χ2n) is 6.67. The number of methoxy groups -OCH3 is 1. The van der Waals surface area contributed by atoms with Gasteiger partial charge in [-0.1, -0.05) is 12.1 Å². The first kappa shape index (κ1) is 17.7. The Morgan fingerprint density at radius 1 is 1.28 bits per heavy atom. The first-order valence-corrected chi connectivity index (χ1v) is 9.11. The van der Waals surface area contributed by atoms with E-state index in [1.54, 1.807) is 7.11 Å². The van der Waals surface area contributed by atoms with E-state index < -0.39 is 0 Å². The van der Waals surface area contributed by atoms with Crippen molar-refractivity contribution in [2.24, 2.45) is 0 Å². The van der Waals surface area contributed by atoms with Crippen molar-refractivity contribution < 1.29 is 14.3 Å². The molecule has 2 aliphatic heterocycles. The van der Waals surface area contributed by atoms with Crippen molar-refractivity contribution in [1.82, 2.24) is 15.1 Å². The fourth-order valence-electron chi connectivity index (χ4n) is 3.63. The minimum Gasteiger partial charge on any atom is -0.497 e. The van der Waals surface area contributed by atoms with Crippen LogP contribution in [0.15, 0.2) is 24.3 Å². The van der Waals surface area contributed by atoms with E-state index in [0.717, 1.165) is 50.3 Å². The molecule has 2 heterocycles. The standard InChI is InChI=1S/C19H27N3O3/c1-25-16-8-6-15(7-9-16)17-14-20-10-13-22(17)19(24)5-3-12-21-11-2-4-18(21)23/h6-9,17,20H,2-5,10-14H2,1H3/t17-/m1/s1. The molecule has 2 fully saturated rings. The lowest BCUT2D eigenvalue weighted by Crippen LogP contribution is -2.48. The molecule has 6 nitrogen and oxygen atoms in total. The Kier molecular flexibility index (Phi) is 5.91. The summed E-state index contributed by atoms with van der Waals surface area (Å²) in [5, 5.41) is 3.38. The monoisotopic (exact) mass is 345 g/mol. The maximum atomic E-state index is 12.7. The maximum absolute atomic E-state index is 12.7. The minimum atomic E-state index is 0.0561. The number of ether oxygens (including phenoxy) is 1. The number of nitrogens with zero attached hydrogens (tertiary/aromatic N) is 2. The van der Waals surface area contributed by atoms with E-state index in [1.807, 2.05) is 34.1 Å². The van der Waals surface area contributed by atoms with Crippen LogP contribution in [0.4, 0.5) is 0 Å². The number of hydrogen-bond donors (Lipinski definition) is 1. The average molecular weight is 345 g/mol. The van der Waals surface area contributed by atoms with Gasteiger partial charge in [0.05, 0.1) is 13.2 Å². The highest BCUT2D eigenvalue weighted by molar-refractivity contribution is 5.78. The van der Waals surface area contributed by atoms with Crippen molar-refractivity contribution >= 4 is 11.8 Å². The molecule has 0 radical (unpaired) electrons. The summed E-state index contributed by atoms with van der Waals surface area (Å²) in [6, 6.07) is 7.98. The van der Waals surface area contributed by atoms with Gasteiger partial charge in [-0.2, -0.15) is 0 Å². The largest absolute Gasteiger partial charge is 0.497 e. The van der Waals surface area contributed by atoms with Gasteiger partial charge in [0.25, 0.3) is 0 Å². The van der Waals surface area contributed by atoms with Crippen LogP contribution in [0.2, 0.25) is 0 Å². The topological polar surface area (TPSA) is 61.9 Å². The summed E-state index contributed by atoms with van der Waals surface area (Å²) >= 11 is 0. The third kappa shape index (κ3) is 4.31. The number of rotatable bonds is 6. The first-order chi connectivity index (χ1) is 12.2. The fourth-order valence-corrected chi connectivity index (χ4v) is 3.63. The van der Waals surface area contributed by atoms with Gasteiger partial charge in [0.15, 0.2) is 0 Å². The van der Waals surface area contributed by atoms with Crippen LogP contribution in [0.3, 0.4) is 0 Å². The normalized spacial score (nSPS) is 20.8. The number of benzene rings is 1. The van der Waals surface area contributed by atoms with Crippen LogP contribution in [0.5, 0.6) is 5.75 Å². The first-order valence-electron chi connectivity index (χ1n) is 9.11. The molecular weight excluding hydrogens is 318 g/mol. The van der Waals surface area contributed by atoms with E-state index in [2.05, 4.69) is 5.32 Å². The zero-order valence-corrected chi connectivity index (χ0v) is 14.9. The highest BCUT2D eigenvalue weighted by Gasteiger charge is 2.28. The third-order valence-electron chi connectivity index (χ3n) is 5.05. The molecule has 2 aliphatic rings. The molecule has 1 aromatic carbocycles. The Labute approximate surface area is 149 Å². The van der Waals surface area contributed by atoms with Crippen LogP contribution in [-0.2, 0) is 9.59 Å². The van der Waals surface area contributed by atoms with Crippen LogP contribution in [0.1, 0.15) is 37.3 Å². The van der Waals surface area contributed by atoms with E-state index in [1.165, 1.54) is 0 Å². The summed E-state index contributed by atoms with van der Waals surface area (Å²) in [6.07, 6.45) is 2.84. The van der Waals surface area contributed by atoms with Gasteiger partial charge >= 0.3 is 0 Å². The van der Waals surface area contributed by atoms with Crippen molar-refractivity contribution in [3.05, 3.63) is 29.8 Å². The zero-order chi connectivity index (χ0) is 17.6. The molecule has 0 aliphatic carbocycles. The summed E-state index contributed by atoms with van der Waals surface area (Å²) in [5.41, 5.74) is 1.12. The van der Waals surface area contributed by atoms with Gasteiger partial charge < -0.3 is 19.9 Å². The molecular formula is C19H27N3O3. The van der Waals surface area contributed by atoms with Gasteiger partial charge in [0.1, 0.15) is 5.75 Å². The molecule has 0 aromatic heterocycles. The van der Waals surface area contributed by atoms with E-state index in [4.69, 9.17) is 4.74 Å². The molecule has 136 valence electrons. The molecule has 6 heteroatoms. The molecule has 0 unspecified atom stereocenters. The van der Waals surface area contributed by atoms with Gasteiger partial charge in [-0.05, 0) is 30.5 Å². The van der Waals surface area contributed by atoms with Crippen molar-refractivity contribution in [3.8, 4) is 5.75 Å². The molecule has 1 atom stereocenters. The molecule has 1 N–H and O–H groups in total. The predicted octanol–water partition coefficient (Wildman–Crippen LogP) is 1.57. The highest BCUT2D eigenvalue weighted by atomic mass is 16.5. The van der Waals surface area contributed by atoms with Gasteiger partial charge in [-0.15, -0.1) is 0 Å². The van der Waals surface area contributed by atoms with Crippen LogP contribution in [0, 0.1) is 0 Å². The molecule has 0 saturated carbocycles. The minimum absolute atomic E-state index is 0.0561. The Morgan fingerprint density at radius 3 is 2.76 bits per heavy atom. The fraction of sp³-hybridized carbons (Fsp3) is 0.579. The lowest BCUT2D eigenvalue weighted by atomic mass is 10.0. The number of carbonyl (C=O) groups is 2. The van der Waals surface area contributed by atoms with Crippen molar-refractivity contribution in [2.45, 2.75) is 31.7 Å².